The van der Waals surface area contributed by atoms with Crippen LogP contribution in [0.1, 0.15) is 26.5 Å². The van der Waals surface area contributed by atoms with Gasteiger partial charge in [0.2, 0.25) is 0 Å². The summed E-state index contributed by atoms with van der Waals surface area (Å²) in [7, 11) is 0. The summed E-state index contributed by atoms with van der Waals surface area (Å²) < 4.78 is 0.671. The van der Waals surface area contributed by atoms with Crippen LogP contribution in [-0.4, -0.2) is 9.97 Å². The molecule has 0 saturated carbocycles. The summed E-state index contributed by atoms with van der Waals surface area (Å²) in [6, 6.07) is 0. The first-order valence-corrected chi connectivity index (χ1v) is 4.84. The lowest BCUT2D eigenvalue weighted by atomic mass is 10.2. The van der Waals surface area contributed by atoms with Crippen molar-refractivity contribution in [3.05, 3.63) is 23.1 Å². The largest absolute Gasteiger partial charge is 0.382 e. The van der Waals surface area contributed by atoms with Crippen LogP contribution in [0.25, 0.3) is 5.57 Å². The molecule has 72 valence electrons. The maximum Gasteiger partial charge on any atom is 0.149 e. The van der Waals surface area contributed by atoms with Gasteiger partial charge in [0.25, 0.3) is 0 Å². The van der Waals surface area contributed by atoms with Gasteiger partial charge in [0.15, 0.2) is 0 Å². The molecule has 4 heteroatoms. The normalized spacial score (nSPS) is 8.62. The van der Waals surface area contributed by atoms with Gasteiger partial charge in [-0.2, -0.15) is 0 Å². The second kappa shape index (κ2) is 5.70. The summed E-state index contributed by atoms with van der Waals surface area (Å²) in [4.78, 5) is 8.01. The molecule has 3 nitrogen and oxygen atoms in total. The zero-order chi connectivity index (χ0) is 10.4. The van der Waals surface area contributed by atoms with Crippen LogP contribution >= 0.6 is 15.9 Å². The molecule has 0 aliphatic rings. The quantitative estimate of drug-likeness (QED) is 0.826. The van der Waals surface area contributed by atoms with Gasteiger partial charge in [-0.3, -0.25) is 0 Å². The van der Waals surface area contributed by atoms with Gasteiger partial charge >= 0.3 is 0 Å². The lowest BCUT2D eigenvalue weighted by molar-refractivity contribution is 1.14. The fraction of sp³-hybridized carbons (Fsp3) is 0.333. The second-order valence-electron chi connectivity index (χ2n) is 2.21. The predicted molar refractivity (Wildman–Crippen MR) is 60.2 cm³/mol. The van der Waals surface area contributed by atoms with E-state index in [1.165, 1.54) is 0 Å². The molecule has 0 atom stereocenters. The van der Waals surface area contributed by atoms with Crippen molar-refractivity contribution in [1.82, 2.24) is 9.97 Å². The zero-order valence-electron chi connectivity index (χ0n) is 8.13. The van der Waals surface area contributed by atoms with E-state index in [2.05, 4.69) is 32.5 Å². The standard InChI is InChI=1S/C7H8BrN3.C2H6/c1-4(2)6-7(9)10-3-5(8)11-6;1-2/h3H,1H2,2H3,(H2,9,10);1-2H3. The second-order valence-corrected chi connectivity index (χ2v) is 3.02. The monoisotopic (exact) mass is 243 g/mol. The van der Waals surface area contributed by atoms with Crippen molar-refractivity contribution in [2.45, 2.75) is 20.8 Å². The van der Waals surface area contributed by atoms with Crippen LogP contribution in [0.3, 0.4) is 0 Å². The molecule has 0 spiro atoms. The molecule has 0 radical (unpaired) electrons. The third-order valence-corrected chi connectivity index (χ3v) is 1.56. The Morgan fingerprint density at radius 2 is 2.08 bits per heavy atom. The highest BCUT2D eigenvalue weighted by atomic mass is 79.9. The van der Waals surface area contributed by atoms with Gasteiger partial charge in [-0.15, -0.1) is 0 Å². The molecule has 1 rings (SSSR count). The van der Waals surface area contributed by atoms with E-state index in [-0.39, 0.29) is 0 Å². The van der Waals surface area contributed by atoms with Crippen LogP contribution in [0.15, 0.2) is 17.4 Å². The Bertz CT molecular complexity index is 297. The molecule has 0 bridgehead atoms. The molecule has 13 heavy (non-hydrogen) atoms. The van der Waals surface area contributed by atoms with E-state index < -0.39 is 0 Å². The number of nitrogens with two attached hydrogens (primary N) is 1. The van der Waals surface area contributed by atoms with Gasteiger partial charge in [0.05, 0.1) is 6.20 Å². The third-order valence-electron chi connectivity index (χ3n) is 1.18. The summed E-state index contributed by atoms with van der Waals surface area (Å²) in [5.41, 5.74) is 7.00. The highest BCUT2D eigenvalue weighted by molar-refractivity contribution is 9.10. The van der Waals surface area contributed by atoms with Gasteiger partial charge in [-0.05, 0) is 28.4 Å². The topological polar surface area (TPSA) is 51.8 Å². The number of hydrogen-bond acceptors (Lipinski definition) is 3. The minimum atomic E-state index is 0.417. The number of halogens is 1. The maximum absolute atomic E-state index is 5.54. The molecule has 0 fully saturated rings. The number of allylic oxidation sites excluding steroid dienone is 1. The van der Waals surface area contributed by atoms with Crippen molar-refractivity contribution in [3.63, 3.8) is 0 Å². The van der Waals surface area contributed by atoms with Crippen molar-refractivity contribution >= 4 is 27.3 Å². The average Bonchev–Trinajstić information content (AvgIpc) is 2.12. The molecular weight excluding hydrogens is 230 g/mol. The lowest BCUT2D eigenvalue weighted by Crippen LogP contribution is -1.98. The van der Waals surface area contributed by atoms with E-state index in [0.29, 0.717) is 16.1 Å². The smallest absolute Gasteiger partial charge is 0.149 e. The minimum Gasteiger partial charge on any atom is -0.382 e. The minimum absolute atomic E-state index is 0.417. The van der Waals surface area contributed by atoms with Crippen molar-refractivity contribution in [2.24, 2.45) is 0 Å². The summed E-state index contributed by atoms with van der Waals surface area (Å²) >= 11 is 3.19. The van der Waals surface area contributed by atoms with E-state index in [9.17, 15) is 0 Å². The number of rotatable bonds is 1. The van der Waals surface area contributed by atoms with E-state index in [1.54, 1.807) is 6.20 Å². The van der Waals surface area contributed by atoms with Gasteiger partial charge < -0.3 is 5.73 Å². The number of hydrogen-bond donors (Lipinski definition) is 1. The van der Waals surface area contributed by atoms with Crippen molar-refractivity contribution in [3.8, 4) is 0 Å². The third kappa shape index (κ3) is 3.55. The van der Waals surface area contributed by atoms with E-state index in [4.69, 9.17) is 5.73 Å². The van der Waals surface area contributed by atoms with Crippen LogP contribution in [0, 0.1) is 0 Å². The molecule has 1 aromatic rings. The van der Waals surface area contributed by atoms with Crippen LogP contribution in [-0.2, 0) is 0 Å². The molecule has 0 aromatic carbocycles. The Morgan fingerprint density at radius 3 is 2.46 bits per heavy atom. The van der Waals surface area contributed by atoms with Crippen molar-refractivity contribution < 1.29 is 0 Å². The predicted octanol–water partition coefficient (Wildman–Crippen LogP) is 2.88. The van der Waals surface area contributed by atoms with Gasteiger partial charge in [-0.1, -0.05) is 20.4 Å². The Balaban J connectivity index is 0.000000671. The highest BCUT2D eigenvalue weighted by Gasteiger charge is 2.02. The molecule has 0 saturated heterocycles. The van der Waals surface area contributed by atoms with Gasteiger partial charge in [0, 0.05) is 0 Å². The number of nitrogens with zero attached hydrogens (tertiary/aromatic N) is 2. The Kier molecular flexibility index (Phi) is 5.30. The SMILES string of the molecule is C=C(C)c1nc(Br)cnc1N.CC. The number of nitrogen functional groups attached to an aromatic ring is 1. The van der Waals surface area contributed by atoms with Gasteiger partial charge in [0.1, 0.15) is 16.1 Å². The van der Waals surface area contributed by atoms with Crippen molar-refractivity contribution in [1.29, 1.82) is 0 Å². The van der Waals surface area contributed by atoms with E-state index >= 15 is 0 Å². The molecule has 0 amide bonds. The first-order chi connectivity index (χ1) is 6.11. The first-order valence-electron chi connectivity index (χ1n) is 4.05. The number of anilines is 1. The van der Waals surface area contributed by atoms with Crippen LogP contribution < -0.4 is 5.73 Å². The van der Waals surface area contributed by atoms with E-state index in [0.717, 1.165) is 5.57 Å². The zero-order valence-corrected chi connectivity index (χ0v) is 9.72. The molecule has 0 aliphatic carbocycles. The molecule has 2 N–H and O–H groups in total. The van der Waals surface area contributed by atoms with Crippen LogP contribution in [0.5, 0.6) is 0 Å². The van der Waals surface area contributed by atoms with E-state index in [1.807, 2.05) is 20.8 Å². The fourth-order valence-corrected chi connectivity index (χ4v) is 0.971. The van der Waals surface area contributed by atoms with Crippen LogP contribution in [0.4, 0.5) is 5.82 Å². The van der Waals surface area contributed by atoms with Crippen molar-refractivity contribution in [2.75, 3.05) is 5.73 Å². The highest BCUT2D eigenvalue weighted by Crippen LogP contribution is 2.16. The Hall–Kier alpha value is -0.900. The summed E-state index contributed by atoms with van der Waals surface area (Å²) in [6.07, 6.45) is 1.56. The van der Waals surface area contributed by atoms with Crippen LogP contribution in [0.2, 0.25) is 0 Å². The average molecular weight is 244 g/mol. The molecule has 0 unspecified atom stereocenters. The first kappa shape index (κ1) is 12.1. The molecule has 1 aromatic heterocycles. The Morgan fingerprint density at radius 1 is 1.54 bits per heavy atom. The number of aromatic nitrogens is 2. The maximum atomic E-state index is 5.54. The summed E-state index contributed by atoms with van der Waals surface area (Å²) in [6.45, 7) is 9.56. The summed E-state index contributed by atoms with van der Waals surface area (Å²) in [5, 5.41) is 0. The fourth-order valence-electron chi connectivity index (χ4n) is 0.691. The lowest BCUT2D eigenvalue weighted by Gasteiger charge is -2.01. The Labute approximate surface area is 87.2 Å². The summed E-state index contributed by atoms with van der Waals surface area (Å²) in [5.74, 6) is 0.417. The molecule has 0 aliphatic heterocycles. The molecule has 1 heterocycles. The molecular formula is C9H14BrN3. The van der Waals surface area contributed by atoms with Gasteiger partial charge in [-0.25, -0.2) is 9.97 Å².